The van der Waals surface area contributed by atoms with E-state index in [-0.39, 0.29) is 29.9 Å². The van der Waals surface area contributed by atoms with Crippen LogP contribution in [-0.4, -0.2) is 69.2 Å². The molecule has 0 unspecified atom stereocenters. The smallest absolute Gasteiger partial charge is 0.233 e. The number of halogens is 1. The van der Waals surface area contributed by atoms with E-state index in [0.29, 0.717) is 18.5 Å². The fraction of sp³-hybridized carbons (Fsp3) is 0.652. The third-order valence-electron chi connectivity index (χ3n) is 5.10. The maximum atomic E-state index is 11.5. The number of aliphatic imine (C=N–C) groups is 1. The Kier molecular flexibility index (Phi) is 13.6. The summed E-state index contributed by atoms with van der Waals surface area (Å²) in [4.78, 5) is 18.5. The topological polar surface area (TPSA) is 78.0 Å². The average Bonchev–Trinajstić information content (AvgIpc) is 2.74. The second-order valence-corrected chi connectivity index (χ2v) is 8.23. The van der Waals surface area contributed by atoms with Crippen LogP contribution in [0, 0.1) is 5.92 Å². The highest BCUT2D eigenvalue weighted by atomic mass is 127. The van der Waals surface area contributed by atoms with Gasteiger partial charge in [-0.1, -0.05) is 26.0 Å². The molecule has 3 N–H and O–H groups in total. The molecule has 0 aromatic heterocycles. The van der Waals surface area contributed by atoms with Crippen LogP contribution in [0.4, 0.5) is 0 Å². The number of carbonyl (C=O) groups excluding carboxylic acids is 1. The Morgan fingerprint density at radius 3 is 2.48 bits per heavy atom. The van der Waals surface area contributed by atoms with Crippen LogP contribution < -0.4 is 20.7 Å². The lowest BCUT2D eigenvalue weighted by Crippen LogP contribution is -2.50. The van der Waals surface area contributed by atoms with Crippen LogP contribution in [0.25, 0.3) is 0 Å². The number of nitrogens with zero attached hydrogens (tertiary/aromatic N) is 2. The molecule has 1 aliphatic heterocycles. The Hall–Kier alpha value is -1.55. The number of ether oxygens (including phenoxy) is 1. The number of benzene rings is 1. The van der Waals surface area contributed by atoms with Crippen LogP contribution in [0.15, 0.2) is 29.3 Å². The normalized spacial score (nSPS) is 15.3. The Labute approximate surface area is 204 Å². The summed E-state index contributed by atoms with van der Waals surface area (Å²) in [6, 6.07) is 8.71. The van der Waals surface area contributed by atoms with Gasteiger partial charge >= 0.3 is 0 Å². The van der Waals surface area contributed by atoms with Gasteiger partial charge in [-0.15, -0.1) is 24.0 Å². The lowest BCUT2D eigenvalue weighted by atomic mass is 10.1. The monoisotopic (exact) mass is 545 g/mol. The highest BCUT2D eigenvalue weighted by molar-refractivity contribution is 14.0. The number of hydrogen-bond donors (Lipinski definition) is 3. The van der Waals surface area contributed by atoms with Gasteiger partial charge in [0.1, 0.15) is 5.75 Å². The fourth-order valence-corrected chi connectivity index (χ4v) is 3.34. The number of guanidine groups is 1. The van der Waals surface area contributed by atoms with Crippen molar-refractivity contribution in [1.82, 2.24) is 20.9 Å². The van der Waals surface area contributed by atoms with E-state index in [0.717, 1.165) is 63.8 Å². The number of amides is 1. The Morgan fingerprint density at radius 1 is 1.23 bits per heavy atom. The zero-order valence-electron chi connectivity index (χ0n) is 19.4. The van der Waals surface area contributed by atoms with Crippen molar-refractivity contribution >= 4 is 35.8 Å². The second kappa shape index (κ2) is 15.3. The first-order valence-electron chi connectivity index (χ1n) is 11.2. The first kappa shape index (κ1) is 27.5. The Bertz CT molecular complexity index is 658. The van der Waals surface area contributed by atoms with Gasteiger partial charge in [-0.05, 0) is 49.8 Å². The minimum absolute atomic E-state index is 0. The maximum Gasteiger partial charge on any atom is 0.233 e. The standard InChI is InChI=1S/C23H39N5O2.HI/c1-5-25-23(27-20-11-14-28(15-12-20)16-22(29)24-4)26-13-10-19-6-8-21(9-7-19)30-17-18(2)3;/h6-9,18,20H,5,10-17H2,1-4H3,(H,24,29)(H2,25,26,27);1H. The van der Waals surface area contributed by atoms with E-state index in [1.165, 1.54) is 5.56 Å². The Balaban J connectivity index is 0.00000480. The molecule has 1 saturated heterocycles. The predicted octanol–water partition coefficient (Wildman–Crippen LogP) is 2.65. The van der Waals surface area contributed by atoms with E-state index in [9.17, 15) is 4.79 Å². The minimum Gasteiger partial charge on any atom is -0.493 e. The zero-order chi connectivity index (χ0) is 21.8. The summed E-state index contributed by atoms with van der Waals surface area (Å²) >= 11 is 0. The predicted molar refractivity (Wildman–Crippen MR) is 139 cm³/mol. The van der Waals surface area contributed by atoms with Gasteiger partial charge in [0.05, 0.1) is 13.2 Å². The second-order valence-electron chi connectivity index (χ2n) is 8.23. The van der Waals surface area contributed by atoms with E-state index in [1.54, 1.807) is 7.05 Å². The van der Waals surface area contributed by atoms with Gasteiger partial charge < -0.3 is 20.7 Å². The molecule has 0 aliphatic carbocycles. The highest BCUT2D eigenvalue weighted by Crippen LogP contribution is 2.14. The van der Waals surface area contributed by atoms with Gasteiger partial charge in [-0.25, -0.2) is 0 Å². The molecular weight excluding hydrogens is 505 g/mol. The first-order valence-corrected chi connectivity index (χ1v) is 11.2. The quantitative estimate of drug-likeness (QED) is 0.240. The van der Waals surface area contributed by atoms with Crippen LogP contribution in [-0.2, 0) is 11.2 Å². The highest BCUT2D eigenvalue weighted by Gasteiger charge is 2.21. The summed E-state index contributed by atoms with van der Waals surface area (Å²) in [5, 5.41) is 9.60. The number of carbonyl (C=O) groups is 1. The number of piperidine rings is 1. The molecule has 0 spiro atoms. The number of hydrogen-bond acceptors (Lipinski definition) is 4. The average molecular weight is 546 g/mol. The van der Waals surface area contributed by atoms with Crippen molar-refractivity contribution in [3.63, 3.8) is 0 Å². The van der Waals surface area contributed by atoms with Gasteiger partial charge in [0, 0.05) is 39.3 Å². The summed E-state index contributed by atoms with van der Waals surface area (Å²) in [5.74, 6) is 2.41. The summed E-state index contributed by atoms with van der Waals surface area (Å²) < 4.78 is 5.74. The molecule has 0 radical (unpaired) electrons. The van der Waals surface area contributed by atoms with Gasteiger partial charge in [-0.2, -0.15) is 0 Å². The molecule has 1 aliphatic rings. The van der Waals surface area contributed by atoms with Crippen molar-refractivity contribution in [2.75, 3.05) is 46.4 Å². The third-order valence-corrected chi connectivity index (χ3v) is 5.10. The molecule has 176 valence electrons. The third kappa shape index (κ3) is 11.0. The van der Waals surface area contributed by atoms with Crippen molar-refractivity contribution in [3.05, 3.63) is 29.8 Å². The summed E-state index contributed by atoms with van der Waals surface area (Å²) in [5.41, 5.74) is 1.26. The largest absolute Gasteiger partial charge is 0.493 e. The van der Waals surface area contributed by atoms with Crippen LogP contribution >= 0.6 is 24.0 Å². The maximum absolute atomic E-state index is 11.5. The minimum atomic E-state index is 0. The molecule has 0 saturated carbocycles. The van der Waals surface area contributed by atoms with E-state index in [4.69, 9.17) is 9.73 Å². The van der Waals surface area contributed by atoms with Crippen molar-refractivity contribution in [3.8, 4) is 5.75 Å². The summed E-state index contributed by atoms with van der Waals surface area (Å²) in [6.45, 7) is 11.0. The number of nitrogens with one attached hydrogen (secondary N) is 3. The SMILES string of the molecule is CCNC(=NCCc1ccc(OCC(C)C)cc1)NC1CCN(CC(=O)NC)CC1.I. The molecule has 1 amide bonds. The van der Waals surface area contributed by atoms with Gasteiger partial charge in [0.15, 0.2) is 5.96 Å². The number of likely N-dealkylation sites (N-methyl/N-ethyl adjacent to an activating group) is 1. The van der Waals surface area contributed by atoms with Crippen LogP contribution in [0.1, 0.15) is 39.2 Å². The first-order chi connectivity index (χ1) is 14.5. The molecule has 1 heterocycles. The Morgan fingerprint density at radius 2 is 1.90 bits per heavy atom. The van der Waals surface area contributed by atoms with Crippen LogP contribution in [0.2, 0.25) is 0 Å². The summed E-state index contributed by atoms with van der Waals surface area (Å²) in [6.07, 6.45) is 2.92. The van der Waals surface area contributed by atoms with E-state index >= 15 is 0 Å². The van der Waals surface area contributed by atoms with E-state index in [1.807, 2.05) is 12.1 Å². The molecular formula is C23H40IN5O2. The molecule has 0 bridgehead atoms. The zero-order valence-corrected chi connectivity index (χ0v) is 21.8. The lowest BCUT2D eigenvalue weighted by molar-refractivity contribution is -0.122. The number of rotatable bonds is 10. The molecule has 1 aromatic carbocycles. The van der Waals surface area contributed by atoms with Crippen molar-refractivity contribution in [1.29, 1.82) is 0 Å². The molecule has 1 aromatic rings. The van der Waals surface area contributed by atoms with E-state index in [2.05, 4.69) is 53.8 Å². The van der Waals surface area contributed by atoms with Crippen molar-refractivity contribution < 1.29 is 9.53 Å². The summed E-state index contributed by atoms with van der Waals surface area (Å²) in [7, 11) is 1.69. The molecule has 1 fully saturated rings. The van der Waals surface area contributed by atoms with E-state index < -0.39 is 0 Å². The van der Waals surface area contributed by atoms with Crippen LogP contribution in [0.5, 0.6) is 5.75 Å². The molecule has 31 heavy (non-hydrogen) atoms. The number of likely N-dealkylation sites (tertiary alicyclic amines) is 1. The van der Waals surface area contributed by atoms with Crippen molar-refractivity contribution in [2.45, 2.75) is 46.1 Å². The lowest BCUT2D eigenvalue weighted by Gasteiger charge is -2.32. The molecule has 0 atom stereocenters. The fourth-order valence-electron chi connectivity index (χ4n) is 3.34. The van der Waals surface area contributed by atoms with Gasteiger partial charge in [-0.3, -0.25) is 14.7 Å². The molecule has 2 rings (SSSR count). The molecule has 8 heteroatoms. The van der Waals surface area contributed by atoms with Gasteiger partial charge in [0.25, 0.3) is 0 Å². The van der Waals surface area contributed by atoms with Gasteiger partial charge in [0.2, 0.25) is 5.91 Å². The molecule has 7 nitrogen and oxygen atoms in total. The van der Waals surface area contributed by atoms with Crippen molar-refractivity contribution in [2.24, 2.45) is 10.9 Å². The van der Waals surface area contributed by atoms with Crippen LogP contribution in [0.3, 0.4) is 0 Å².